The number of aliphatic hydroxyl groups is 6. The van der Waals surface area contributed by atoms with E-state index in [1.165, 1.54) is 48.6 Å². The number of carbonyl (C=O) groups is 7. The summed E-state index contributed by atoms with van der Waals surface area (Å²) < 4.78 is 5.52. The smallest absolute Gasteiger partial charge is 0.251 e. The summed E-state index contributed by atoms with van der Waals surface area (Å²) in [5, 5.41) is 101. The van der Waals surface area contributed by atoms with Crippen LogP contribution in [0.1, 0.15) is 49.0 Å². The van der Waals surface area contributed by atoms with Crippen LogP contribution in [0.4, 0.5) is 11.6 Å². The molecule has 16 N–H and O–H groups in total. The molecular formula is C60H77N15O15S. The van der Waals surface area contributed by atoms with Gasteiger partial charge in [0.05, 0.1) is 36.6 Å². The van der Waals surface area contributed by atoms with Gasteiger partial charge in [0.15, 0.2) is 11.5 Å². The van der Waals surface area contributed by atoms with E-state index >= 15 is 0 Å². The fraction of sp³-hybridized carbons (Fsp3) is 0.483. The molecule has 4 saturated heterocycles. The van der Waals surface area contributed by atoms with Gasteiger partial charge in [-0.25, -0.2) is 9.97 Å². The molecule has 0 bridgehead atoms. The van der Waals surface area contributed by atoms with Crippen molar-refractivity contribution in [1.29, 1.82) is 0 Å². The molecule has 4 aliphatic heterocycles. The third-order valence-corrected chi connectivity index (χ3v) is 17.5. The van der Waals surface area contributed by atoms with Crippen LogP contribution in [0.15, 0.2) is 85.2 Å². The van der Waals surface area contributed by atoms with E-state index in [0.29, 0.717) is 21.5 Å². The summed E-state index contributed by atoms with van der Waals surface area (Å²) in [4.78, 5) is 116. The van der Waals surface area contributed by atoms with Crippen LogP contribution in [0.25, 0.3) is 21.1 Å². The average molecular weight is 1280 g/mol. The van der Waals surface area contributed by atoms with Gasteiger partial charge in [0, 0.05) is 112 Å². The van der Waals surface area contributed by atoms with E-state index in [-0.39, 0.29) is 55.3 Å². The van der Waals surface area contributed by atoms with Crippen LogP contribution < -0.4 is 52.6 Å². The number of piperazine rings is 1. The van der Waals surface area contributed by atoms with Crippen LogP contribution in [0.2, 0.25) is 0 Å². The van der Waals surface area contributed by atoms with E-state index in [0.717, 1.165) is 54.2 Å². The minimum Gasteiger partial charge on any atom is -0.504 e. The maximum Gasteiger partial charge on any atom is 0.251 e. The predicted octanol–water partition coefficient (Wildman–Crippen LogP) is -3.67. The Bertz CT molecular complexity index is 3360. The van der Waals surface area contributed by atoms with Gasteiger partial charge in [0.25, 0.3) is 5.91 Å². The number of phenols is 1. The van der Waals surface area contributed by atoms with Gasteiger partial charge in [-0.2, -0.15) is 0 Å². The quantitative estimate of drug-likeness (QED) is 0.0453. The third-order valence-electron chi connectivity index (χ3n) is 16.5. The molecule has 0 radical (unpaired) electrons. The summed E-state index contributed by atoms with van der Waals surface area (Å²) in [6.45, 7) is 4.15. The number of aliphatic hydroxyl groups excluding tert-OH is 6. The van der Waals surface area contributed by atoms with Gasteiger partial charge in [-0.1, -0.05) is 36.5 Å². The lowest BCUT2D eigenvalue weighted by Gasteiger charge is -2.36. The number of fused-ring (bicyclic) bond motifs is 2. The van der Waals surface area contributed by atoms with Gasteiger partial charge in [-0.15, -0.1) is 10.2 Å². The summed E-state index contributed by atoms with van der Waals surface area (Å²) in [5.41, 5.74) is 14.2. The Kier molecular flexibility index (Phi) is 22.1. The molecule has 488 valence electrons. The molecule has 30 nitrogen and oxygen atoms in total. The zero-order chi connectivity index (χ0) is 65.2. The Hall–Kier alpha value is -8.53. The standard InChI is InChI=1S/C60H77N15O15S/c1-31-29-75-49(50(31)82)55(87)65-28-38(77)26-40(66-51(83)34-5-7-35(8-6-34)56-70-71-57(91-56)36-9-11-37(12-10-36)72-19-21-73(22-20-72)60-63-17-3-18-64-60)52(84)67-46(32(2)76)58(88)74-30-39(78)27-41(74)53(85)68-47(54(86)69-48(59(75)89)43(80)14-15-61)44(81)24-33-4-13-42(79)45(25-33)90-23-16-62/h3-13,17-18,25,31-32,38-41,43-44,46-50,76-82H,14-16,19-24,26-30,61-62H2,1-2H3,(H,65,87)(H,66,83)(H,67,84)(H,68,85)(H,69,86)/t31-,32+,38+,39+,40?,41-,43+,44+,46-,47-,48-,49-,50-/m0/s1. The van der Waals surface area contributed by atoms with Gasteiger partial charge >= 0.3 is 0 Å². The number of benzene rings is 3. The first kappa shape index (κ1) is 66.9. The molecule has 3 aromatic carbocycles. The molecule has 2 aromatic heterocycles. The monoisotopic (exact) mass is 1280 g/mol. The number of hydrogen-bond donors (Lipinski definition) is 14. The highest BCUT2D eigenvalue weighted by molar-refractivity contribution is 7.17. The first-order valence-corrected chi connectivity index (χ1v) is 30.8. The highest BCUT2D eigenvalue weighted by atomic mass is 32.1. The molecular weight excluding hydrogens is 1200 g/mol. The Balaban J connectivity index is 0.959. The topological polar surface area (TPSA) is 447 Å². The molecule has 0 spiro atoms. The second-order valence-corrected chi connectivity index (χ2v) is 24.1. The zero-order valence-corrected chi connectivity index (χ0v) is 50.8. The van der Waals surface area contributed by atoms with Crippen LogP contribution >= 0.6 is 11.3 Å². The Morgan fingerprint density at radius 1 is 0.725 bits per heavy atom. The van der Waals surface area contributed by atoms with Crippen molar-refractivity contribution in [2.75, 3.05) is 75.3 Å². The van der Waals surface area contributed by atoms with Crippen molar-refractivity contribution in [1.82, 2.24) is 56.5 Å². The van der Waals surface area contributed by atoms with Crippen molar-refractivity contribution >= 4 is 64.3 Å². The normalized spacial score (nSPS) is 25.9. The number of ether oxygens (including phenoxy) is 1. The molecule has 4 fully saturated rings. The summed E-state index contributed by atoms with van der Waals surface area (Å²) in [6, 6.07) is 8.97. The second-order valence-electron chi connectivity index (χ2n) is 23.1. The molecule has 31 heteroatoms. The minimum absolute atomic E-state index is 0.00651. The number of anilines is 2. The number of aromatic hydroxyl groups is 1. The van der Waals surface area contributed by atoms with Crippen LogP contribution in [0.3, 0.4) is 0 Å². The summed E-state index contributed by atoms with van der Waals surface area (Å²) in [6.07, 6.45) is -8.43. The van der Waals surface area contributed by atoms with Crippen LogP contribution in [0, 0.1) is 5.92 Å². The first-order valence-electron chi connectivity index (χ1n) is 30.0. The van der Waals surface area contributed by atoms with E-state index in [4.69, 9.17) is 16.2 Å². The van der Waals surface area contributed by atoms with E-state index in [9.17, 15) is 69.3 Å². The van der Waals surface area contributed by atoms with E-state index in [1.807, 2.05) is 24.3 Å². The van der Waals surface area contributed by atoms with Crippen molar-refractivity contribution in [3.63, 3.8) is 0 Å². The lowest BCUT2D eigenvalue weighted by Crippen LogP contribution is -2.64. The number of nitrogens with zero attached hydrogens (tertiary/aromatic N) is 8. The largest absolute Gasteiger partial charge is 0.504 e. The third kappa shape index (κ3) is 16.0. The molecule has 4 aliphatic rings. The Morgan fingerprint density at radius 2 is 1.35 bits per heavy atom. The highest BCUT2D eigenvalue weighted by Gasteiger charge is 2.50. The number of rotatable bonds is 16. The molecule has 6 heterocycles. The molecule has 1 unspecified atom stereocenters. The van der Waals surface area contributed by atoms with Crippen LogP contribution in [-0.4, -0.2) is 245 Å². The number of nitrogens with one attached hydrogen (secondary N) is 5. The van der Waals surface area contributed by atoms with Gasteiger partial charge in [-0.3, -0.25) is 33.6 Å². The first-order chi connectivity index (χ1) is 43.6. The zero-order valence-electron chi connectivity index (χ0n) is 50.0. The van der Waals surface area contributed by atoms with Crippen LogP contribution in [0.5, 0.6) is 11.5 Å². The molecule has 5 aromatic rings. The fourth-order valence-corrected chi connectivity index (χ4v) is 12.3. The van der Waals surface area contributed by atoms with E-state index in [2.05, 4.69) is 56.5 Å². The summed E-state index contributed by atoms with van der Waals surface area (Å²) in [5.74, 6) is -7.97. The molecule has 13 atom stereocenters. The van der Waals surface area contributed by atoms with Crippen molar-refractivity contribution < 1.29 is 74.0 Å². The fourth-order valence-electron chi connectivity index (χ4n) is 11.5. The highest BCUT2D eigenvalue weighted by Crippen LogP contribution is 2.33. The molecule has 0 saturated carbocycles. The molecule has 0 aliphatic carbocycles. The van der Waals surface area contributed by atoms with Gasteiger partial charge in [0.1, 0.15) is 52.9 Å². The number of hydrogen-bond acceptors (Lipinski definition) is 24. The van der Waals surface area contributed by atoms with Crippen molar-refractivity contribution in [3.8, 4) is 32.6 Å². The number of amides is 7. The lowest BCUT2D eigenvalue weighted by atomic mass is 9.98. The second kappa shape index (κ2) is 30.1. The average Bonchev–Trinajstić information content (AvgIpc) is 1.84. The van der Waals surface area contributed by atoms with Gasteiger partial charge in [-0.05, 0) is 80.1 Å². The summed E-state index contributed by atoms with van der Waals surface area (Å²) in [7, 11) is 0. The minimum atomic E-state index is -2.04. The number of aromatic nitrogens is 4. The van der Waals surface area contributed by atoms with Gasteiger partial charge in [0.2, 0.25) is 41.4 Å². The Morgan fingerprint density at radius 3 is 2.00 bits per heavy atom. The number of phenolic OH excluding ortho intramolecular Hbond substituents is 1. The SMILES string of the molecule is C[C@@H](O)[C@@H]1NC(=O)C(NC(=O)c2ccc(-c3nnc(-c4ccc(N5CCN(c6ncccn6)CC5)cc4)s3)cc2)C[C@@H](O)CNC(=O)[C@@H]2[C@@H](O)[C@@H](C)CN2C(=O)[C@H]([C@H](O)CCN)NC(=O)[C@H]([C@H](O)Cc2ccc(O)c(OCCN)c2)NC(=O)[C@@H]2C[C@@H](O)CN2C1=O. The Labute approximate surface area is 527 Å². The molecule has 9 rings (SSSR count). The van der Waals surface area contributed by atoms with Crippen molar-refractivity contribution in [2.24, 2.45) is 17.4 Å². The van der Waals surface area contributed by atoms with Crippen molar-refractivity contribution in [2.45, 2.75) is 112 Å². The van der Waals surface area contributed by atoms with E-state index < -0.39 is 152 Å². The van der Waals surface area contributed by atoms with Gasteiger partial charge < -0.3 is 98.1 Å². The maximum absolute atomic E-state index is 14.7. The number of β-amino-alcohol motifs (C(OH)–C–C–N with tert-alkyl or cyclic N) is 1. The number of nitrogens with two attached hydrogens (primary N) is 2. The summed E-state index contributed by atoms with van der Waals surface area (Å²) >= 11 is 1.32. The maximum atomic E-state index is 14.7. The number of carbonyl (C=O) groups excluding carboxylic acids is 7. The predicted molar refractivity (Wildman–Crippen MR) is 328 cm³/mol. The van der Waals surface area contributed by atoms with E-state index in [1.54, 1.807) is 30.6 Å². The molecule has 7 amide bonds. The van der Waals surface area contributed by atoms with Crippen molar-refractivity contribution in [3.05, 3.63) is 96.3 Å². The van der Waals surface area contributed by atoms with Crippen LogP contribution in [-0.2, 0) is 35.2 Å². The molecule has 91 heavy (non-hydrogen) atoms. The lowest BCUT2D eigenvalue weighted by molar-refractivity contribution is -0.147.